The van der Waals surface area contributed by atoms with Crippen LogP contribution in [-0.2, 0) is 28.0 Å². The number of carbonyl (C=O) groups is 1. The van der Waals surface area contributed by atoms with Gasteiger partial charge in [-0.15, -0.1) is 0 Å². The molecule has 0 saturated carbocycles. The van der Waals surface area contributed by atoms with E-state index in [2.05, 4.69) is 5.32 Å². The molecule has 0 saturated heterocycles. The van der Waals surface area contributed by atoms with Gasteiger partial charge in [0.05, 0.1) is 10.6 Å². The molecule has 0 unspecified atom stereocenters. The third-order valence-corrected chi connectivity index (χ3v) is 7.91. The zero-order valence-corrected chi connectivity index (χ0v) is 23.0. The van der Waals surface area contributed by atoms with Crippen LogP contribution in [0.5, 0.6) is 5.75 Å². The zero-order valence-electron chi connectivity index (χ0n) is 22.1. The number of halogens is 1. The fraction of sp³-hybridized carbons (Fsp3) is 0.194. The summed E-state index contributed by atoms with van der Waals surface area (Å²) in [6.07, 6.45) is 0. The van der Waals surface area contributed by atoms with Crippen LogP contribution in [-0.4, -0.2) is 20.9 Å². The molecule has 0 radical (unpaired) electrons. The average molecular weight is 547 g/mol. The Hall–Kier alpha value is -4.17. The molecule has 0 bridgehead atoms. The van der Waals surface area contributed by atoms with E-state index in [-0.39, 0.29) is 23.8 Å². The van der Waals surface area contributed by atoms with Crippen molar-refractivity contribution in [1.82, 2.24) is 5.32 Å². The fourth-order valence-electron chi connectivity index (χ4n) is 4.08. The molecule has 4 aromatic carbocycles. The van der Waals surface area contributed by atoms with Gasteiger partial charge in [0.25, 0.3) is 10.0 Å². The van der Waals surface area contributed by atoms with Crippen LogP contribution in [0.3, 0.4) is 0 Å². The predicted molar refractivity (Wildman–Crippen MR) is 151 cm³/mol. The van der Waals surface area contributed by atoms with Gasteiger partial charge >= 0.3 is 0 Å². The molecule has 0 atom stereocenters. The third-order valence-electron chi connectivity index (χ3n) is 6.12. The van der Waals surface area contributed by atoms with E-state index in [1.54, 1.807) is 60.7 Å². The predicted octanol–water partition coefficient (Wildman–Crippen LogP) is 5.84. The van der Waals surface area contributed by atoms with Crippen LogP contribution in [0.4, 0.5) is 10.1 Å². The third kappa shape index (κ3) is 7.45. The standard InChI is InChI=1S/C31H31FN2O4S/c1-22-4-14-30(15-5-22)39(36,37)34(28-17-23(2)16-24(3)18-28)20-31(35)33-19-25-8-12-29(13-9-25)38-21-26-6-10-27(32)11-7-26/h4-18H,19-21H2,1-3H3,(H,33,35). The van der Waals surface area contributed by atoms with Gasteiger partial charge < -0.3 is 10.1 Å². The van der Waals surface area contributed by atoms with Crippen molar-refractivity contribution in [1.29, 1.82) is 0 Å². The van der Waals surface area contributed by atoms with Crippen LogP contribution in [0.1, 0.15) is 27.8 Å². The minimum atomic E-state index is -3.98. The van der Waals surface area contributed by atoms with Gasteiger partial charge in [0, 0.05) is 6.54 Å². The number of ether oxygens (including phenoxy) is 1. The Balaban J connectivity index is 1.43. The number of nitrogens with one attached hydrogen (secondary N) is 1. The van der Waals surface area contributed by atoms with Crippen molar-refractivity contribution in [3.63, 3.8) is 0 Å². The Kier molecular flexibility index (Phi) is 8.66. The van der Waals surface area contributed by atoms with Crippen LogP contribution in [0, 0.1) is 26.6 Å². The zero-order chi connectivity index (χ0) is 28.0. The van der Waals surface area contributed by atoms with Gasteiger partial charge in [0.15, 0.2) is 0 Å². The van der Waals surface area contributed by atoms with Gasteiger partial charge in [-0.25, -0.2) is 12.8 Å². The summed E-state index contributed by atoms with van der Waals surface area (Å²) in [6.45, 7) is 5.83. The van der Waals surface area contributed by atoms with Crippen molar-refractivity contribution in [2.75, 3.05) is 10.8 Å². The van der Waals surface area contributed by atoms with Gasteiger partial charge in [0.2, 0.25) is 5.91 Å². The first-order valence-corrected chi connectivity index (χ1v) is 13.9. The number of nitrogens with zero attached hydrogens (tertiary/aromatic N) is 1. The van der Waals surface area contributed by atoms with Crippen LogP contribution >= 0.6 is 0 Å². The van der Waals surface area contributed by atoms with E-state index >= 15 is 0 Å². The molecule has 0 heterocycles. The van der Waals surface area contributed by atoms with Gasteiger partial charge in [-0.3, -0.25) is 9.10 Å². The molecule has 0 fully saturated rings. The van der Waals surface area contributed by atoms with E-state index in [1.165, 1.54) is 12.1 Å². The van der Waals surface area contributed by atoms with Crippen molar-refractivity contribution in [3.8, 4) is 5.75 Å². The van der Waals surface area contributed by atoms with Gasteiger partial charge in [-0.05, 0) is 91.6 Å². The summed E-state index contributed by atoms with van der Waals surface area (Å²) >= 11 is 0. The lowest BCUT2D eigenvalue weighted by Crippen LogP contribution is -2.40. The first-order valence-electron chi connectivity index (χ1n) is 12.5. The molecule has 4 rings (SSSR count). The SMILES string of the molecule is Cc1ccc(S(=O)(=O)N(CC(=O)NCc2ccc(OCc3ccc(F)cc3)cc2)c2cc(C)cc(C)c2)cc1. The summed E-state index contributed by atoms with van der Waals surface area (Å²) in [6, 6.07) is 25.4. The van der Waals surface area contributed by atoms with E-state index in [0.29, 0.717) is 18.0 Å². The smallest absolute Gasteiger partial charge is 0.264 e. The maximum Gasteiger partial charge on any atom is 0.264 e. The second kappa shape index (κ2) is 12.1. The van der Waals surface area contributed by atoms with E-state index in [4.69, 9.17) is 4.74 Å². The number of anilines is 1. The number of hydrogen-bond acceptors (Lipinski definition) is 4. The second-order valence-corrected chi connectivity index (χ2v) is 11.4. The molecule has 6 nitrogen and oxygen atoms in total. The Morgan fingerprint density at radius 1 is 0.795 bits per heavy atom. The molecule has 0 aliphatic rings. The van der Waals surface area contributed by atoms with Crippen molar-refractivity contribution in [2.45, 2.75) is 38.8 Å². The summed E-state index contributed by atoms with van der Waals surface area (Å²) < 4.78 is 47.2. The Morgan fingerprint density at radius 2 is 1.38 bits per heavy atom. The minimum Gasteiger partial charge on any atom is -0.489 e. The Labute approximate surface area is 229 Å². The molecule has 39 heavy (non-hydrogen) atoms. The summed E-state index contributed by atoms with van der Waals surface area (Å²) in [5.74, 6) is -0.0870. The highest BCUT2D eigenvalue weighted by Gasteiger charge is 2.27. The van der Waals surface area contributed by atoms with E-state index < -0.39 is 15.9 Å². The largest absolute Gasteiger partial charge is 0.489 e. The monoisotopic (exact) mass is 546 g/mol. The van der Waals surface area contributed by atoms with Crippen molar-refractivity contribution in [2.24, 2.45) is 0 Å². The van der Waals surface area contributed by atoms with Crippen LogP contribution in [0.25, 0.3) is 0 Å². The van der Waals surface area contributed by atoms with Crippen LogP contribution in [0.15, 0.2) is 95.9 Å². The molecule has 8 heteroatoms. The summed E-state index contributed by atoms with van der Waals surface area (Å²) in [4.78, 5) is 13.1. The summed E-state index contributed by atoms with van der Waals surface area (Å²) in [7, 11) is -3.98. The first kappa shape index (κ1) is 27.9. The topological polar surface area (TPSA) is 75.7 Å². The molecular formula is C31H31FN2O4S. The molecule has 0 aliphatic heterocycles. The van der Waals surface area contributed by atoms with Gasteiger partial charge in [-0.1, -0.05) is 48.0 Å². The Bertz CT molecular complexity index is 1520. The van der Waals surface area contributed by atoms with Gasteiger partial charge in [-0.2, -0.15) is 0 Å². The quantitative estimate of drug-likeness (QED) is 0.271. The van der Waals surface area contributed by atoms with Crippen LogP contribution in [0.2, 0.25) is 0 Å². The lowest BCUT2D eigenvalue weighted by molar-refractivity contribution is -0.119. The molecule has 1 N–H and O–H groups in total. The van der Waals surface area contributed by atoms with Crippen LogP contribution < -0.4 is 14.4 Å². The number of rotatable bonds is 10. The van der Waals surface area contributed by atoms with E-state index in [9.17, 15) is 17.6 Å². The maximum absolute atomic E-state index is 13.6. The molecule has 0 aliphatic carbocycles. The molecule has 1 amide bonds. The highest BCUT2D eigenvalue weighted by atomic mass is 32.2. The van der Waals surface area contributed by atoms with Crippen molar-refractivity contribution in [3.05, 3.63) is 125 Å². The first-order chi connectivity index (χ1) is 18.6. The number of sulfonamides is 1. The highest BCUT2D eigenvalue weighted by Crippen LogP contribution is 2.26. The fourth-order valence-corrected chi connectivity index (χ4v) is 5.49. The lowest BCUT2D eigenvalue weighted by atomic mass is 10.1. The molecule has 0 aromatic heterocycles. The Morgan fingerprint density at radius 3 is 2.00 bits per heavy atom. The highest BCUT2D eigenvalue weighted by molar-refractivity contribution is 7.92. The van der Waals surface area contributed by atoms with Gasteiger partial charge in [0.1, 0.15) is 24.7 Å². The summed E-state index contributed by atoms with van der Waals surface area (Å²) in [5.41, 5.74) is 4.86. The molecule has 0 spiro atoms. The minimum absolute atomic E-state index is 0.122. The van der Waals surface area contributed by atoms with Crippen molar-refractivity contribution < 1.29 is 22.3 Å². The number of benzene rings is 4. The molecule has 202 valence electrons. The summed E-state index contributed by atoms with van der Waals surface area (Å²) in [5, 5.41) is 2.82. The lowest BCUT2D eigenvalue weighted by Gasteiger charge is -2.25. The number of amides is 1. The van der Waals surface area contributed by atoms with Crippen molar-refractivity contribution >= 4 is 21.6 Å². The maximum atomic E-state index is 13.6. The second-order valence-electron chi connectivity index (χ2n) is 9.51. The average Bonchev–Trinajstić information content (AvgIpc) is 2.90. The number of hydrogen-bond donors (Lipinski definition) is 1. The molecular weight excluding hydrogens is 515 g/mol. The van der Waals surface area contributed by atoms with E-state index in [0.717, 1.165) is 32.1 Å². The number of carbonyl (C=O) groups excluding carboxylic acids is 1. The normalized spacial score (nSPS) is 11.2. The van der Waals surface area contributed by atoms with E-state index in [1.807, 2.05) is 39.0 Å². The number of aryl methyl sites for hydroxylation is 3. The molecule has 4 aromatic rings.